The number of carbonyl (C=O) groups excluding carboxylic acids is 2. The minimum Gasteiger partial charge on any atom is -0.497 e. The number of hydrogen-bond acceptors (Lipinski definition) is 5. The highest BCUT2D eigenvalue weighted by molar-refractivity contribution is 5.99. The highest BCUT2D eigenvalue weighted by Crippen LogP contribution is 2.32. The molecule has 0 radical (unpaired) electrons. The molecule has 2 atom stereocenters. The lowest BCUT2D eigenvalue weighted by molar-refractivity contribution is -0.140. The number of alkyl halides is 1. The number of amides is 2. The summed E-state index contributed by atoms with van der Waals surface area (Å²) in [5.74, 6) is 0.227. The molecule has 2 aromatic heterocycles. The van der Waals surface area contributed by atoms with Gasteiger partial charge in [0.2, 0.25) is 11.8 Å². The molecule has 2 amide bonds. The van der Waals surface area contributed by atoms with Gasteiger partial charge < -0.3 is 15.0 Å². The molecular weight excluding hydrogens is 401 g/mol. The van der Waals surface area contributed by atoms with Gasteiger partial charge >= 0.3 is 0 Å². The molecule has 8 nitrogen and oxygen atoms in total. The molecule has 1 aliphatic heterocycles. The fourth-order valence-electron chi connectivity index (χ4n) is 3.86. The first-order valence-corrected chi connectivity index (χ1v) is 10.0. The maximum atomic E-state index is 14.3. The van der Waals surface area contributed by atoms with Crippen molar-refractivity contribution in [1.82, 2.24) is 20.1 Å². The summed E-state index contributed by atoms with van der Waals surface area (Å²) in [5.41, 5.74) is 1.15. The molecule has 0 bridgehead atoms. The zero-order chi connectivity index (χ0) is 22.2. The third kappa shape index (κ3) is 3.95. The molecule has 31 heavy (non-hydrogen) atoms. The van der Waals surface area contributed by atoms with Crippen LogP contribution in [0.15, 0.2) is 42.6 Å². The topological polar surface area (TPSA) is 100 Å². The molecule has 2 N–H and O–H groups in total. The van der Waals surface area contributed by atoms with E-state index in [0.717, 1.165) is 11.1 Å². The number of nitrogens with one attached hydrogen (secondary N) is 2. The van der Waals surface area contributed by atoms with E-state index < -0.39 is 23.5 Å². The van der Waals surface area contributed by atoms with Gasteiger partial charge in [-0.25, -0.2) is 9.37 Å². The summed E-state index contributed by atoms with van der Waals surface area (Å²) < 4.78 is 19.5. The van der Waals surface area contributed by atoms with E-state index >= 15 is 0 Å². The van der Waals surface area contributed by atoms with E-state index in [4.69, 9.17) is 4.74 Å². The number of aromatic amines is 1. The summed E-state index contributed by atoms with van der Waals surface area (Å²) in [6.45, 7) is 3.42. The SMILES string of the molecule is COc1ccc(C(C)(C)C(=O)N2C[C@H](F)C[C@@H]2C(=O)Nc2ccc3[nH]ncc3n2)cc1. The standard InChI is InChI=1S/C22H24FN5O3/c1-22(2,13-4-6-15(31-3)7-5-13)21(30)28-12-14(23)10-18(28)20(29)26-19-9-8-16-17(25-19)11-24-27-16/h4-9,11,14,18H,10,12H2,1-3H3,(H,24,27)(H,25,26,29)/t14-,18-/m1/s1. The van der Waals surface area contributed by atoms with Crippen LogP contribution in [0.3, 0.4) is 0 Å². The van der Waals surface area contributed by atoms with Crippen LogP contribution in [-0.4, -0.2) is 57.8 Å². The van der Waals surface area contributed by atoms with Gasteiger partial charge in [0.25, 0.3) is 0 Å². The van der Waals surface area contributed by atoms with Crippen LogP contribution in [-0.2, 0) is 15.0 Å². The van der Waals surface area contributed by atoms with Crippen LogP contribution < -0.4 is 10.1 Å². The first-order valence-electron chi connectivity index (χ1n) is 10.0. The van der Waals surface area contributed by atoms with E-state index in [2.05, 4.69) is 20.5 Å². The smallest absolute Gasteiger partial charge is 0.248 e. The lowest BCUT2D eigenvalue weighted by Crippen LogP contribution is -2.49. The Balaban J connectivity index is 1.54. The van der Waals surface area contributed by atoms with Gasteiger partial charge in [0.1, 0.15) is 29.3 Å². The fourth-order valence-corrected chi connectivity index (χ4v) is 3.86. The minimum absolute atomic E-state index is 0.0514. The van der Waals surface area contributed by atoms with Crippen molar-refractivity contribution in [1.29, 1.82) is 0 Å². The highest BCUT2D eigenvalue weighted by atomic mass is 19.1. The number of anilines is 1. The molecule has 0 spiro atoms. The second kappa shape index (κ2) is 7.98. The summed E-state index contributed by atoms with van der Waals surface area (Å²) in [7, 11) is 1.57. The van der Waals surface area contributed by atoms with Crippen molar-refractivity contribution in [2.75, 3.05) is 19.0 Å². The molecule has 1 saturated heterocycles. The molecule has 3 heterocycles. The Bertz CT molecular complexity index is 1110. The number of ether oxygens (including phenoxy) is 1. The average molecular weight is 425 g/mol. The van der Waals surface area contributed by atoms with Crippen LogP contribution in [0.4, 0.5) is 10.2 Å². The van der Waals surface area contributed by atoms with Crippen LogP contribution in [0, 0.1) is 0 Å². The maximum Gasteiger partial charge on any atom is 0.248 e. The Morgan fingerprint density at radius 1 is 1.23 bits per heavy atom. The van der Waals surface area contributed by atoms with Gasteiger partial charge in [0, 0.05) is 6.42 Å². The first kappa shape index (κ1) is 20.8. The van der Waals surface area contributed by atoms with E-state index in [-0.39, 0.29) is 18.9 Å². The van der Waals surface area contributed by atoms with Crippen molar-refractivity contribution in [3.63, 3.8) is 0 Å². The van der Waals surface area contributed by atoms with Crippen LogP contribution >= 0.6 is 0 Å². The van der Waals surface area contributed by atoms with Crippen LogP contribution in [0.2, 0.25) is 0 Å². The lowest BCUT2D eigenvalue weighted by Gasteiger charge is -2.32. The molecule has 1 fully saturated rings. The summed E-state index contributed by atoms with van der Waals surface area (Å²) in [5, 5.41) is 9.40. The summed E-state index contributed by atoms with van der Waals surface area (Å²) in [4.78, 5) is 32.0. The molecule has 0 saturated carbocycles. The van der Waals surface area contributed by atoms with Crippen molar-refractivity contribution in [3.05, 3.63) is 48.2 Å². The predicted molar refractivity (Wildman–Crippen MR) is 114 cm³/mol. The van der Waals surface area contributed by atoms with Crippen molar-refractivity contribution < 1.29 is 18.7 Å². The number of rotatable bonds is 5. The van der Waals surface area contributed by atoms with Gasteiger partial charge in [-0.1, -0.05) is 12.1 Å². The van der Waals surface area contributed by atoms with Gasteiger partial charge in [0.05, 0.1) is 30.8 Å². The molecule has 3 aromatic rings. The zero-order valence-corrected chi connectivity index (χ0v) is 17.6. The van der Waals surface area contributed by atoms with Gasteiger partial charge in [-0.3, -0.25) is 14.7 Å². The molecule has 0 aliphatic carbocycles. The number of hydrogen-bond donors (Lipinski definition) is 2. The largest absolute Gasteiger partial charge is 0.497 e. The zero-order valence-electron chi connectivity index (χ0n) is 17.6. The third-order valence-corrected chi connectivity index (χ3v) is 5.71. The van der Waals surface area contributed by atoms with Crippen LogP contribution in [0.25, 0.3) is 11.0 Å². The highest BCUT2D eigenvalue weighted by Gasteiger charge is 2.45. The Kier molecular flexibility index (Phi) is 5.34. The Hall–Kier alpha value is -3.49. The van der Waals surface area contributed by atoms with Crippen molar-refractivity contribution in [3.8, 4) is 5.75 Å². The van der Waals surface area contributed by atoms with E-state index in [1.165, 1.54) is 4.90 Å². The molecular formula is C22H24FN5O3. The molecule has 0 unspecified atom stereocenters. The number of H-pyrrole nitrogens is 1. The molecule has 1 aromatic carbocycles. The second-order valence-corrected chi connectivity index (χ2v) is 8.15. The van der Waals surface area contributed by atoms with E-state index in [0.29, 0.717) is 17.1 Å². The number of pyridine rings is 1. The van der Waals surface area contributed by atoms with E-state index in [9.17, 15) is 14.0 Å². The summed E-state index contributed by atoms with van der Waals surface area (Å²) in [6, 6.07) is 9.61. The van der Waals surface area contributed by atoms with Crippen molar-refractivity contribution in [2.45, 2.75) is 37.9 Å². The number of methoxy groups -OCH3 is 1. The quantitative estimate of drug-likeness (QED) is 0.655. The number of likely N-dealkylation sites (tertiary alicyclic amines) is 1. The number of aromatic nitrogens is 3. The monoisotopic (exact) mass is 425 g/mol. The van der Waals surface area contributed by atoms with E-state index in [1.807, 2.05) is 0 Å². The Morgan fingerprint density at radius 3 is 2.68 bits per heavy atom. The number of carbonyl (C=O) groups is 2. The van der Waals surface area contributed by atoms with Crippen molar-refractivity contribution >= 4 is 28.7 Å². The second-order valence-electron chi connectivity index (χ2n) is 8.15. The third-order valence-electron chi connectivity index (χ3n) is 5.71. The normalized spacial score (nSPS) is 18.9. The molecule has 162 valence electrons. The maximum absolute atomic E-state index is 14.3. The Morgan fingerprint density at radius 2 is 1.97 bits per heavy atom. The number of nitrogens with zero attached hydrogens (tertiary/aromatic N) is 3. The molecule has 1 aliphatic rings. The number of fused-ring (bicyclic) bond motifs is 1. The Labute approximate surface area is 178 Å². The van der Waals surface area contributed by atoms with Gasteiger partial charge in [-0.2, -0.15) is 5.10 Å². The molecule has 4 rings (SSSR count). The lowest BCUT2D eigenvalue weighted by atomic mass is 9.83. The number of benzene rings is 1. The van der Waals surface area contributed by atoms with Crippen LogP contribution in [0.1, 0.15) is 25.8 Å². The summed E-state index contributed by atoms with van der Waals surface area (Å²) >= 11 is 0. The number of halogens is 1. The van der Waals surface area contributed by atoms with Gasteiger partial charge in [-0.05, 0) is 43.7 Å². The minimum atomic E-state index is -1.27. The van der Waals surface area contributed by atoms with Crippen molar-refractivity contribution in [2.24, 2.45) is 0 Å². The fraction of sp³-hybridized carbons (Fsp3) is 0.364. The average Bonchev–Trinajstić information content (AvgIpc) is 3.39. The van der Waals surface area contributed by atoms with Gasteiger partial charge in [-0.15, -0.1) is 0 Å². The van der Waals surface area contributed by atoms with Gasteiger partial charge in [0.15, 0.2) is 0 Å². The first-order chi connectivity index (χ1) is 14.8. The predicted octanol–water partition coefficient (Wildman–Crippen LogP) is 2.82. The van der Waals surface area contributed by atoms with E-state index in [1.54, 1.807) is 63.6 Å². The molecule has 9 heteroatoms. The van der Waals surface area contributed by atoms with Crippen LogP contribution in [0.5, 0.6) is 5.75 Å². The summed E-state index contributed by atoms with van der Waals surface area (Å²) in [6.07, 6.45) is 0.228.